The molecule has 3 aromatic rings. The zero-order valence-corrected chi connectivity index (χ0v) is 22.4. The summed E-state index contributed by atoms with van der Waals surface area (Å²) >= 11 is 0. The van der Waals surface area contributed by atoms with Crippen LogP contribution in [0.4, 0.5) is 15.0 Å². The molecule has 0 saturated heterocycles. The number of aromatic nitrogens is 3. The normalized spacial score (nSPS) is 12.0. The first-order valence-electron chi connectivity index (χ1n) is 12.5. The Balaban J connectivity index is 1.80. The van der Waals surface area contributed by atoms with Crippen LogP contribution in [0.2, 0.25) is 0 Å². The number of carbonyl (C=O) groups excluding carboxylic acids is 2. The number of carbonyl (C=O) groups is 3. The Bertz CT molecular complexity index is 1440. The lowest BCUT2D eigenvalue weighted by molar-refractivity contribution is -0.123. The summed E-state index contributed by atoms with van der Waals surface area (Å²) in [5.41, 5.74) is 1.09. The van der Waals surface area contributed by atoms with E-state index in [0.717, 1.165) is 16.1 Å². The summed E-state index contributed by atoms with van der Waals surface area (Å²) in [7, 11) is 4.58. The molecule has 12 heteroatoms. The third-order valence-corrected chi connectivity index (χ3v) is 6.33. The molecule has 2 aromatic heterocycles. The average molecular weight is 541 g/mol. The number of anilines is 1. The summed E-state index contributed by atoms with van der Waals surface area (Å²) in [5, 5.41) is 12.6. The summed E-state index contributed by atoms with van der Waals surface area (Å²) in [6.45, 7) is 2.63. The third-order valence-electron chi connectivity index (χ3n) is 6.33. The highest BCUT2D eigenvalue weighted by atomic mass is 19.1. The highest BCUT2D eigenvalue weighted by Crippen LogP contribution is 2.22. The van der Waals surface area contributed by atoms with Crippen molar-refractivity contribution in [2.75, 3.05) is 33.0 Å². The predicted molar refractivity (Wildman–Crippen MR) is 145 cm³/mol. The third kappa shape index (κ3) is 7.30. The van der Waals surface area contributed by atoms with E-state index < -0.39 is 23.5 Å². The lowest BCUT2D eigenvalue weighted by Crippen LogP contribution is -2.38. The maximum absolute atomic E-state index is 13.7. The van der Waals surface area contributed by atoms with Crippen molar-refractivity contribution in [3.63, 3.8) is 0 Å². The van der Waals surface area contributed by atoms with Crippen LogP contribution in [0, 0.1) is 11.7 Å². The van der Waals surface area contributed by atoms with Crippen LogP contribution in [0.25, 0.3) is 10.9 Å². The van der Waals surface area contributed by atoms with Gasteiger partial charge in [-0.2, -0.15) is 0 Å². The molecule has 0 fully saturated rings. The summed E-state index contributed by atoms with van der Waals surface area (Å²) in [6, 6.07) is 6.34. The number of benzene rings is 1. The van der Waals surface area contributed by atoms with Crippen molar-refractivity contribution < 1.29 is 23.9 Å². The zero-order valence-electron chi connectivity index (χ0n) is 22.4. The minimum absolute atomic E-state index is 0.106. The molecule has 0 spiro atoms. The Labute approximate surface area is 225 Å². The van der Waals surface area contributed by atoms with Crippen molar-refractivity contribution in [2.45, 2.75) is 32.9 Å². The number of fused-ring (bicyclic) bond motifs is 1. The molecule has 39 heavy (non-hydrogen) atoms. The Hall–Kier alpha value is -4.48. The predicted octanol–water partition coefficient (Wildman–Crippen LogP) is 2.99. The van der Waals surface area contributed by atoms with Gasteiger partial charge in [0.1, 0.15) is 5.82 Å². The van der Waals surface area contributed by atoms with Crippen molar-refractivity contribution in [3.8, 4) is 0 Å². The van der Waals surface area contributed by atoms with E-state index in [1.807, 2.05) is 17.6 Å². The summed E-state index contributed by atoms with van der Waals surface area (Å²) < 4.78 is 17.1. The molecule has 1 atom stereocenters. The summed E-state index contributed by atoms with van der Waals surface area (Å²) in [6.07, 6.45) is 5.29. The molecule has 0 aliphatic heterocycles. The maximum atomic E-state index is 13.7. The van der Waals surface area contributed by atoms with Crippen LogP contribution in [0.5, 0.6) is 0 Å². The Morgan fingerprint density at radius 3 is 2.62 bits per heavy atom. The van der Waals surface area contributed by atoms with Crippen molar-refractivity contribution >= 4 is 34.6 Å². The van der Waals surface area contributed by atoms with E-state index in [0.29, 0.717) is 18.4 Å². The molecule has 2 N–H and O–H groups in total. The molecule has 0 saturated carbocycles. The molecule has 0 bridgehead atoms. The molecule has 3 rings (SSSR count). The quantitative estimate of drug-likeness (QED) is 0.360. The zero-order chi connectivity index (χ0) is 28.7. The van der Waals surface area contributed by atoms with Crippen LogP contribution in [0.1, 0.15) is 25.5 Å². The number of nitrogens with one attached hydrogen (secondary N) is 1. The number of allylic oxidation sites excluding steroid dienone is 1. The fourth-order valence-corrected chi connectivity index (χ4v) is 4.20. The number of hydrogen-bond donors (Lipinski definition) is 2. The number of nitrogens with zero attached hydrogens (tertiary/aromatic N) is 5. The van der Waals surface area contributed by atoms with E-state index in [9.17, 15) is 28.7 Å². The topological polar surface area (TPSA) is 130 Å². The van der Waals surface area contributed by atoms with Gasteiger partial charge in [0.05, 0.1) is 12.5 Å². The molecule has 3 amide bonds. The van der Waals surface area contributed by atoms with Gasteiger partial charge in [-0.15, -0.1) is 0 Å². The molecule has 208 valence electrons. The molecule has 0 aliphatic carbocycles. The molecule has 2 heterocycles. The highest BCUT2D eigenvalue weighted by Gasteiger charge is 2.23. The van der Waals surface area contributed by atoms with Crippen LogP contribution in [-0.4, -0.2) is 74.6 Å². The fourth-order valence-electron chi connectivity index (χ4n) is 4.20. The monoisotopic (exact) mass is 540 g/mol. The Morgan fingerprint density at radius 1 is 1.21 bits per heavy atom. The number of amides is 3. The lowest BCUT2D eigenvalue weighted by Gasteiger charge is -2.21. The van der Waals surface area contributed by atoms with Crippen molar-refractivity contribution in [3.05, 3.63) is 70.7 Å². The van der Waals surface area contributed by atoms with E-state index in [-0.39, 0.29) is 37.1 Å². The van der Waals surface area contributed by atoms with E-state index in [2.05, 4.69) is 10.3 Å². The molecule has 0 aliphatic rings. The van der Waals surface area contributed by atoms with Gasteiger partial charge >= 0.3 is 6.09 Å². The molecule has 0 unspecified atom stereocenters. The van der Waals surface area contributed by atoms with Gasteiger partial charge in [0.15, 0.2) is 5.82 Å². The molecular weight excluding hydrogens is 507 g/mol. The first-order chi connectivity index (χ1) is 18.5. The Morgan fingerprint density at radius 2 is 1.95 bits per heavy atom. The Kier molecular flexibility index (Phi) is 9.58. The van der Waals surface area contributed by atoms with Gasteiger partial charge in [-0.3, -0.25) is 14.4 Å². The van der Waals surface area contributed by atoms with E-state index in [4.69, 9.17) is 0 Å². The van der Waals surface area contributed by atoms with E-state index >= 15 is 0 Å². The van der Waals surface area contributed by atoms with E-state index in [1.165, 1.54) is 47.1 Å². The molecule has 0 radical (unpaired) electrons. The number of likely N-dealkylation sites (N-methyl/N-ethyl adjacent to an activating group) is 1. The summed E-state index contributed by atoms with van der Waals surface area (Å²) in [5.74, 6) is -2.10. The standard InChI is InChI=1S/C27H33FN6O5/c1-5-34-21(15-19-14-20(28)10-11-22(19)34)17-33-13-12-29-24(26(33)37)30-25(36)18(16-32(4)27(38)39)8-6-7-9-23(35)31(2)3/h7,9-15,18H,5-6,8,16-17H2,1-4H3,(H,38,39)(H,29,30,36)/b9-7+/t18-/m0/s1. The van der Waals surface area contributed by atoms with Gasteiger partial charge < -0.3 is 29.4 Å². The SMILES string of the molecule is CCn1c(Cn2ccnc(NC(=O)[C@@H](CC/C=C/C(=O)N(C)C)CN(C)C(=O)O)c2=O)cc2cc(F)ccc21. The number of halogens is 1. The smallest absolute Gasteiger partial charge is 0.407 e. The van der Waals surface area contributed by atoms with Gasteiger partial charge in [-0.25, -0.2) is 14.2 Å². The second kappa shape index (κ2) is 12.9. The minimum Gasteiger partial charge on any atom is -0.465 e. The number of hydrogen-bond acceptors (Lipinski definition) is 5. The van der Waals surface area contributed by atoms with Gasteiger partial charge in [0.2, 0.25) is 11.8 Å². The molecular formula is C27H33FN6O5. The van der Waals surface area contributed by atoms with Crippen LogP contribution in [0.15, 0.2) is 53.6 Å². The fraction of sp³-hybridized carbons (Fsp3) is 0.370. The van der Waals surface area contributed by atoms with Crippen LogP contribution in [-0.2, 0) is 22.7 Å². The summed E-state index contributed by atoms with van der Waals surface area (Å²) in [4.78, 5) is 55.8. The highest BCUT2D eigenvalue weighted by molar-refractivity contribution is 5.92. The minimum atomic E-state index is -1.20. The average Bonchev–Trinajstić information content (AvgIpc) is 3.23. The van der Waals surface area contributed by atoms with Gasteiger partial charge in [-0.1, -0.05) is 6.08 Å². The lowest BCUT2D eigenvalue weighted by atomic mass is 10.0. The second-order valence-electron chi connectivity index (χ2n) is 9.35. The number of rotatable bonds is 11. The molecule has 11 nitrogen and oxygen atoms in total. The van der Waals surface area contributed by atoms with Gasteiger partial charge in [-0.05, 0) is 50.1 Å². The molecule has 1 aromatic carbocycles. The van der Waals surface area contributed by atoms with Crippen LogP contribution in [0.3, 0.4) is 0 Å². The largest absolute Gasteiger partial charge is 0.465 e. The van der Waals surface area contributed by atoms with Crippen molar-refractivity contribution in [1.82, 2.24) is 23.9 Å². The van der Waals surface area contributed by atoms with E-state index in [1.54, 1.807) is 26.2 Å². The van der Waals surface area contributed by atoms with Crippen molar-refractivity contribution in [2.24, 2.45) is 5.92 Å². The second-order valence-corrected chi connectivity index (χ2v) is 9.35. The number of carboxylic acid groups (broad SMARTS) is 1. The first kappa shape index (κ1) is 29.1. The van der Waals surface area contributed by atoms with Crippen LogP contribution < -0.4 is 10.9 Å². The van der Waals surface area contributed by atoms with Crippen molar-refractivity contribution in [1.29, 1.82) is 0 Å². The number of aryl methyl sites for hydroxylation is 1. The van der Waals surface area contributed by atoms with Crippen LogP contribution >= 0.6 is 0 Å². The maximum Gasteiger partial charge on any atom is 0.407 e. The van der Waals surface area contributed by atoms with Gasteiger partial charge in [0, 0.05) is 63.2 Å². The first-order valence-corrected chi connectivity index (χ1v) is 12.5. The van der Waals surface area contributed by atoms with Gasteiger partial charge in [0.25, 0.3) is 5.56 Å².